The Morgan fingerprint density at radius 1 is 0.857 bits per heavy atom. The Balaban J connectivity index is 1.83. The van der Waals surface area contributed by atoms with E-state index in [-0.39, 0.29) is 11.8 Å². The second-order valence-corrected chi connectivity index (χ2v) is 5.38. The second-order valence-electron chi connectivity index (χ2n) is 5.38. The SMILES string of the molecule is CC(C)c1ccc(NN2C(=O)c3ccccc3C2=O)cc1. The first-order valence-electron chi connectivity index (χ1n) is 6.92. The van der Waals surface area contributed by atoms with Gasteiger partial charge in [-0.05, 0) is 35.7 Å². The normalized spacial score (nSPS) is 13.8. The number of hydrogen-bond donors (Lipinski definition) is 1. The van der Waals surface area contributed by atoms with Crippen LogP contribution >= 0.6 is 0 Å². The number of nitrogens with one attached hydrogen (secondary N) is 1. The maximum Gasteiger partial charge on any atom is 0.280 e. The molecular formula is C17H16N2O2. The molecule has 0 aliphatic carbocycles. The number of anilines is 1. The molecule has 1 N–H and O–H groups in total. The molecule has 4 nitrogen and oxygen atoms in total. The molecule has 4 heteroatoms. The summed E-state index contributed by atoms with van der Waals surface area (Å²) in [6.07, 6.45) is 0. The first-order chi connectivity index (χ1) is 10.1. The maximum absolute atomic E-state index is 12.2. The zero-order chi connectivity index (χ0) is 15.0. The molecule has 2 aromatic carbocycles. The molecule has 0 fully saturated rings. The molecule has 21 heavy (non-hydrogen) atoms. The van der Waals surface area contributed by atoms with Crippen molar-refractivity contribution in [3.8, 4) is 0 Å². The average Bonchev–Trinajstić information content (AvgIpc) is 2.73. The standard InChI is InChI=1S/C17H16N2O2/c1-11(2)12-7-9-13(10-8-12)18-19-16(20)14-5-3-4-6-15(14)17(19)21/h3-11,18H,1-2H3. The van der Waals surface area contributed by atoms with Crippen molar-refractivity contribution in [2.24, 2.45) is 0 Å². The van der Waals surface area contributed by atoms with E-state index in [9.17, 15) is 9.59 Å². The van der Waals surface area contributed by atoms with Crippen molar-refractivity contribution >= 4 is 17.5 Å². The van der Waals surface area contributed by atoms with Crippen LogP contribution in [0.25, 0.3) is 0 Å². The summed E-state index contributed by atoms with van der Waals surface area (Å²) >= 11 is 0. The van der Waals surface area contributed by atoms with E-state index >= 15 is 0 Å². The van der Waals surface area contributed by atoms with E-state index in [1.165, 1.54) is 5.56 Å². The quantitative estimate of drug-likeness (QED) is 0.876. The lowest BCUT2D eigenvalue weighted by molar-refractivity contribution is 0.0691. The molecule has 0 atom stereocenters. The predicted octanol–water partition coefficient (Wildman–Crippen LogP) is 3.43. The Hall–Kier alpha value is -2.62. The molecule has 0 saturated carbocycles. The summed E-state index contributed by atoms with van der Waals surface area (Å²) in [5.74, 6) is -0.189. The van der Waals surface area contributed by atoms with Crippen LogP contribution in [0.15, 0.2) is 48.5 Å². The minimum atomic E-state index is -0.316. The van der Waals surface area contributed by atoms with E-state index < -0.39 is 0 Å². The Morgan fingerprint density at radius 2 is 1.38 bits per heavy atom. The van der Waals surface area contributed by atoms with Crippen LogP contribution in [0.1, 0.15) is 46.0 Å². The molecule has 2 aromatic rings. The van der Waals surface area contributed by atoms with E-state index in [2.05, 4.69) is 19.3 Å². The van der Waals surface area contributed by atoms with Crippen molar-refractivity contribution in [2.45, 2.75) is 19.8 Å². The highest BCUT2D eigenvalue weighted by Gasteiger charge is 2.35. The molecule has 1 aliphatic heterocycles. The molecular weight excluding hydrogens is 264 g/mol. The fourth-order valence-corrected chi connectivity index (χ4v) is 2.36. The number of hydrogen-bond acceptors (Lipinski definition) is 3. The summed E-state index contributed by atoms with van der Waals surface area (Å²) < 4.78 is 0. The van der Waals surface area contributed by atoms with E-state index in [0.29, 0.717) is 22.7 Å². The molecule has 106 valence electrons. The molecule has 2 amide bonds. The van der Waals surface area contributed by atoms with Crippen molar-refractivity contribution in [1.82, 2.24) is 5.01 Å². The van der Waals surface area contributed by atoms with E-state index in [1.807, 2.05) is 24.3 Å². The van der Waals surface area contributed by atoms with Crippen LogP contribution < -0.4 is 5.43 Å². The van der Waals surface area contributed by atoms with Gasteiger partial charge >= 0.3 is 0 Å². The summed E-state index contributed by atoms with van der Waals surface area (Å²) in [7, 11) is 0. The van der Waals surface area contributed by atoms with E-state index in [0.717, 1.165) is 5.01 Å². The van der Waals surface area contributed by atoms with Gasteiger partial charge in [0.2, 0.25) is 0 Å². The number of carbonyl (C=O) groups is 2. The fourth-order valence-electron chi connectivity index (χ4n) is 2.36. The lowest BCUT2D eigenvalue weighted by atomic mass is 10.0. The number of rotatable bonds is 3. The number of benzene rings is 2. The van der Waals surface area contributed by atoms with Crippen molar-refractivity contribution in [3.05, 3.63) is 65.2 Å². The zero-order valence-electron chi connectivity index (χ0n) is 12.0. The number of hydrazine groups is 1. The first-order valence-corrected chi connectivity index (χ1v) is 6.92. The van der Waals surface area contributed by atoms with Crippen LogP contribution in [0.5, 0.6) is 0 Å². The van der Waals surface area contributed by atoms with Gasteiger partial charge in [0, 0.05) is 0 Å². The van der Waals surface area contributed by atoms with Crippen LogP contribution in [0.2, 0.25) is 0 Å². The molecule has 0 saturated heterocycles. The van der Waals surface area contributed by atoms with Gasteiger partial charge in [-0.15, -0.1) is 0 Å². The minimum absolute atomic E-state index is 0.316. The van der Waals surface area contributed by atoms with Crippen LogP contribution in [-0.4, -0.2) is 16.8 Å². The Labute approximate surface area is 123 Å². The Kier molecular flexibility index (Phi) is 3.22. The third-order valence-corrected chi connectivity index (χ3v) is 3.61. The van der Waals surface area contributed by atoms with Crippen LogP contribution in [-0.2, 0) is 0 Å². The lowest BCUT2D eigenvalue weighted by Gasteiger charge is -2.17. The second kappa shape index (κ2) is 5.05. The number of amides is 2. The van der Waals surface area contributed by atoms with E-state index in [1.54, 1.807) is 24.3 Å². The van der Waals surface area contributed by atoms with Crippen molar-refractivity contribution in [1.29, 1.82) is 0 Å². The average molecular weight is 280 g/mol. The van der Waals surface area contributed by atoms with Gasteiger partial charge in [-0.3, -0.25) is 15.0 Å². The molecule has 1 aliphatic rings. The monoisotopic (exact) mass is 280 g/mol. The largest absolute Gasteiger partial charge is 0.288 e. The lowest BCUT2D eigenvalue weighted by Crippen LogP contribution is -2.35. The van der Waals surface area contributed by atoms with Crippen LogP contribution in [0, 0.1) is 0 Å². The highest BCUT2D eigenvalue weighted by molar-refractivity contribution is 6.21. The van der Waals surface area contributed by atoms with Crippen molar-refractivity contribution < 1.29 is 9.59 Å². The van der Waals surface area contributed by atoms with Crippen molar-refractivity contribution in [3.63, 3.8) is 0 Å². The smallest absolute Gasteiger partial charge is 0.280 e. The molecule has 0 bridgehead atoms. The van der Waals surface area contributed by atoms with Gasteiger partial charge in [-0.25, -0.2) is 0 Å². The van der Waals surface area contributed by atoms with Gasteiger partial charge in [0.05, 0.1) is 16.8 Å². The third-order valence-electron chi connectivity index (χ3n) is 3.61. The summed E-state index contributed by atoms with van der Waals surface area (Å²) in [5.41, 5.74) is 5.69. The van der Waals surface area contributed by atoms with Crippen molar-refractivity contribution in [2.75, 3.05) is 5.43 Å². The molecule has 0 aromatic heterocycles. The molecule has 0 unspecified atom stereocenters. The summed E-state index contributed by atoms with van der Waals surface area (Å²) in [6.45, 7) is 4.24. The number of carbonyl (C=O) groups excluding carboxylic acids is 2. The van der Waals surface area contributed by atoms with Gasteiger partial charge in [0.15, 0.2) is 0 Å². The Morgan fingerprint density at radius 3 is 1.86 bits per heavy atom. The van der Waals surface area contributed by atoms with Gasteiger partial charge in [-0.1, -0.05) is 38.1 Å². The summed E-state index contributed by atoms with van der Waals surface area (Å²) in [4.78, 5) is 24.5. The molecule has 1 heterocycles. The minimum Gasteiger partial charge on any atom is -0.288 e. The maximum atomic E-state index is 12.2. The van der Waals surface area contributed by atoms with E-state index in [4.69, 9.17) is 0 Å². The van der Waals surface area contributed by atoms with Gasteiger partial charge in [-0.2, -0.15) is 5.01 Å². The molecule has 0 radical (unpaired) electrons. The molecule has 3 rings (SSSR count). The van der Waals surface area contributed by atoms with Crippen LogP contribution in [0.4, 0.5) is 5.69 Å². The third kappa shape index (κ3) is 2.29. The van der Waals surface area contributed by atoms with Gasteiger partial charge in [0.1, 0.15) is 0 Å². The first kappa shape index (κ1) is 13.4. The topological polar surface area (TPSA) is 49.4 Å². The van der Waals surface area contributed by atoms with Gasteiger partial charge in [0.25, 0.3) is 11.8 Å². The van der Waals surface area contributed by atoms with Gasteiger partial charge < -0.3 is 0 Å². The van der Waals surface area contributed by atoms with Crippen LogP contribution in [0.3, 0.4) is 0 Å². The fraction of sp³-hybridized carbons (Fsp3) is 0.176. The summed E-state index contributed by atoms with van der Waals surface area (Å²) in [6, 6.07) is 14.6. The highest BCUT2D eigenvalue weighted by atomic mass is 16.2. The number of fused-ring (bicyclic) bond motifs is 1. The Bertz CT molecular complexity index is 670. The summed E-state index contributed by atoms with van der Waals surface area (Å²) in [5, 5.41) is 1.06. The number of nitrogens with zero attached hydrogens (tertiary/aromatic N) is 1. The molecule has 0 spiro atoms. The predicted molar refractivity (Wildman–Crippen MR) is 81.1 cm³/mol. The zero-order valence-corrected chi connectivity index (χ0v) is 12.0. The highest BCUT2D eigenvalue weighted by Crippen LogP contribution is 2.24. The number of imide groups is 1.